The molecule has 3 rings (SSSR count). The van der Waals surface area contributed by atoms with Crippen LogP contribution in [0.15, 0.2) is 41.8 Å². The summed E-state index contributed by atoms with van der Waals surface area (Å²) >= 11 is 1.38. The Kier molecular flexibility index (Phi) is 6.20. The lowest BCUT2D eigenvalue weighted by Crippen LogP contribution is -2.43. The molecule has 3 amide bonds. The molecule has 2 aromatic rings. The van der Waals surface area contributed by atoms with Gasteiger partial charge in [-0.2, -0.15) is 0 Å². The minimum Gasteiger partial charge on any atom is -0.347 e. The molecular weight excluding hydrogens is 364 g/mol. The second-order valence-corrected chi connectivity index (χ2v) is 7.37. The van der Waals surface area contributed by atoms with E-state index in [4.69, 9.17) is 0 Å². The summed E-state index contributed by atoms with van der Waals surface area (Å²) in [5.41, 5.74) is 1.69. The zero-order chi connectivity index (χ0) is 19.2. The Bertz CT molecular complexity index is 822. The maximum absolute atomic E-state index is 12.3. The van der Waals surface area contributed by atoms with Crippen LogP contribution in [-0.4, -0.2) is 42.9 Å². The third kappa shape index (κ3) is 5.15. The first-order chi connectivity index (χ1) is 13.0. The third-order valence-corrected chi connectivity index (χ3v) is 5.24. The summed E-state index contributed by atoms with van der Waals surface area (Å²) in [7, 11) is 0. The standard InChI is InChI=1S/C19H22N4O3S/c1-12-5-2-3-6-14(12)23-17(24)11-21-18(25)15-9-13(10-20-15)22-19(26)16-7-4-8-27-16/h2-8,13,15,20H,9-11H2,1H3,(H,21,25)(H,22,26)(H,23,24)/t13-,15+/m1/s1. The summed E-state index contributed by atoms with van der Waals surface area (Å²) in [5, 5.41) is 13.3. The molecule has 0 unspecified atom stereocenters. The molecule has 142 valence electrons. The number of benzene rings is 1. The molecule has 27 heavy (non-hydrogen) atoms. The average molecular weight is 386 g/mol. The van der Waals surface area contributed by atoms with Gasteiger partial charge in [0.05, 0.1) is 17.5 Å². The van der Waals surface area contributed by atoms with E-state index in [1.807, 2.05) is 42.6 Å². The van der Waals surface area contributed by atoms with E-state index in [1.165, 1.54) is 11.3 Å². The van der Waals surface area contributed by atoms with Gasteiger partial charge < -0.3 is 21.3 Å². The van der Waals surface area contributed by atoms with Crippen LogP contribution in [0.4, 0.5) is 5.69 Å². The van der Waals surface area contributed by atoms with Crippen LogP contribution < -0.4 is 21.3 Å². The van der Waals surface area contributed by atoms with Gasteiger partial charge in [0.15, 0.2) is 0 Å². The van der Waals surface area contributed by atoms with Gasteiger partial charge in [0, 0.05) is 18.3 Å². The Hall–Kier alpha value is -2.71. The van der Waals surface area contributed by atoms with E-state index in [2.05, 4.69) is 21.3 Å². The number of aryl methyl sites for hydroxylation is 1. The summed E-state index contributed by atoms with van der Waals surface area (Å²) in [5.74, 6) is -0.656. The van der Waals surface area contributed by atoms with Crippen LogP contribution in [0.25, 0.3) is 0 Å². The van der Waals surface area contributed by atoms with Gasteiger partial charge in [-0.15, -0.1) is 11.3 Å². The highest BCUT2D eigenvalue weighted by Gasteiger charge is 2.30. The summed E-state index contributed by atoms with van der Waals surface area (Å²) in [6, 6.07) is 10.5. The molecule has 0 aliphatic carbocycles. The van der Waals surface area contributed by atoms with Crippen molar-refractivity contribution in [3.8, 4) is 0 Å². The first kappa shape index (κ1) is 19.1. The lowest BCUT2D eigenvalue weighted by molar-refractivity contribution is -0.125. The van der Waals surface area contributed by atoms with Crippen molar-refractivity contribution in [3.05, 3.63) is 52.2 Å². The maximum atomic E-state index is 12.3. The van der Waals surface area contributed by atoms with E-state index in [0.717, 1.165) is 11.3 Å². The number of rotatable bonds is 6. The highest BCUT2D eigenvalue weighted by Crippen LogP contribution is 2.13. The lowest BCUT2D eigenvalue weighted by Gasteiger charge is -2.13. The van der Waals surface area contributed by atoms with Crippen LogP contribution in [0, 0.1) is 6.92 Å². The normalized spacial score (nSPS) is 18.7. The van der Waals surface area contributed by atoms with Crippen LogP contribution in [0.5, 0.6) is 0 Å². The first-order valence-corrected chi connectivity index (χ1v) is 9.62. The summed E-state index contributed by atoms with van der Waals surface area (Å²) in [6.45, 7) is 2.32. The van der Waals surface area contributed by atoms with Crippen molar-refractivity contribution >= 4 is 34.7 Å². The Morgan fingerprint density at radius 1 is 1.19 bits per heavy atom. The van der Waals surface area contributed by atoms with E-state index >= 15 is 0 Å². The highest BCUT2D eigenvalue weighted by atomic mass is 32.1. The smallest absolute Gasteiger partial charge is 0.261 e. The SMILES string of the molecule is Cc1ccccc1NC(=O)CNC(=O)[C@@H]1C[C@@H](NC(=O)c2cccs2)CN1. The molecule has 4 N–H and O–H groups in total. The second-order valence-electron chi connectivity index (χ2n) is 6.43. The summed E-state index contributed by atoms with van der Waals surface area (Å²) < 4.78 is 0. The summed E-state index contributed by atoms with van der Waals surface area (Å²) in [6.07, 6.45) is 0.488. The van der Waals surface area contributed by atoms with Gasteiger partial charge in [0.25, 0.3) is 5.91 Å². The molecule has 1 fully saturated rings. The Morgan fingerprint density at radius 3 is 2.74 bits per heavy atom. The van der Waals surface area contributed by atoms with Gasteiger partial charge in [-0.25, -0.2) is 0 Å². The van der Waals surface area contributed by atoms with Gasteiger partial charge in [0.2, 0.25) is 11.8 Å². The zero-order valence-electron chi connectivity index (χ0n) is 15.0. The molecule has 1 saturated heterocycles. The third-order valence-electron chi connectivity index (χ3n) is 4.37. The van der Waals surface area contributed by atoms with Crippen molar-refractivity contribution in [2.75, 3.05) is 18.4 Å². The fraction of sp³-hybridized carbons (Fsp3) is 0.316. The Morgan fingerprint density at radius 2 is 2.00 bits per heavy atom. The van der Waals surface area contributed by atoms with E-state index in [-0.39, 0.29) is 30.3 Å². The number of thiophene rings is 1. The predicted molar refractivity (Wildman–Crippen MR) is 105 cm³/mol. The molecule has 1 aromatic heterocycles. The van der Waals surface area contributed by atoms with Crippen LogP contribution in [0.3, 0.4) is 0 Å². The van der Waals surface area contributed by atoms with Crippen LogP contribution >= 0.6 is 11.3 Å². The minimum absolute atomic E-state index is 0.0996. The number of carbonyl (C=O) groups is 3. The second kappa shape index (κ2) is 8.79. The van der Waals surface area contributed by atoms with Crippen molar-refractivity contribution in [2.45, 2.75) is 25.4 Å². The van der Waals surface area contributed by atoms with Gasteiger partial charge >= 0.3 is 0 Å². The number of amides is 3. The fourth-order valence-electron chi connectivity index (χ4n) is 2.91. The molecule has 1 aliphatic rings. The molecule has 2 heterocycles. The molecule has 8 heteroatoms. The monoisotopic (exact) mass is 386 g/mol. The van der Waals surface area contributed by atoms with Crippen LogP contribution in [0.1, 0.15) is 21.7 Å². The molecule has 0 radical (unpaired) electrons. The molecule has 7 nitrogen and oxygen atoms in total. The van der Waals surface area contributed by atoms with Crippen molar-refractivity contribution < 1.29 is 14.4 Å². The van der Waals surface area contributed by atoms with Gasteiger partial charge in [0.1, 0.15) is 0 Å². The fourth-order valence-corrected chi connectivity index (χ4v) is 3.53. The molecule has 1 aromatic carbocycles. The molecule has 0 spiro atoms. The predicted octanol–water partition coefficient (Wildman–Crippen LogP) is 1.27. The van der Waals surface area contributed by atoms with Crippen molar-refractivity contribution in [1.82, 2.24) is 16.0 Å². The van der Waals surface area contributed by atoms with Crippen molar-refractivity contribution in [1.29, 1.82) is 0 Å². The van der Waals surface area contributed by atoms with Crippen LogP contribution in [0.2, 0.25) is 0 Å². The molecule has 0 bridgehead atoms. The number of hydrogen-bond acceptors (Lipinski definition) is 5. The van der Waals surface area contributed by atoms with Crippen molar-refractivity contribution in [3.63, 3.8) is 0 Å². The zero-order valence-corrected chi connectivity index (χ0v) is 15.8. The largest absolute Gasteiger partial charge is 0.347 e. The first-order valence-electron chi connectivity index (χ1n) is 8.74. The van der Waals surface area contributed by atoms with E-state index < -0.39 is 6.04 Å². The van der Waals surface area contributed by atoms with E-state index in [9.17, 15) is 14.4 Å². The minimum atomic E-state index is -0.426. The van der Waals surface area contributed by atoms with Gasteiger partial charge in [-0.05, 0) is 36.4 Å². The lowest BCUT2D eigenvalue weighted by atomic mass is 10.1. The topological polar surface area (TPSA) is 99.3 Å². The highest BCUT2D eigenvalue weighted by molar-refractivity contribution is 7.12. The molecule has 1 aliphatic heterocycles. The van der Waals surface area contributed by atoms with E-state index in [1.54, 1.807) is 6.07 Å². The maximum Gasteiger partial charge on any atom is 0.261 e. The number of anilines is 1. The van der Waals surface area contributed by atoms with Crippen molar-refractivity contribution in [2.24, 2.45) is 0 Å². The van der Waals surface area contributed by atoms with Gasteiger partial charge in [-0.1, -0.05) is 24.3 Å². The number of para-hydroxylation sites is 1. The number of nitrogens with one attached hydrogen (secondary N) is 4. The summed E-state index contributed by atoms with van der Waals surface area (Å²) in [4.78, 5) is 37.0. The molecular formula is C19H22N4O3S. The average Bonchev–Trinajstić information content (AvgIpc) is 3.33. The number of carbonyl (C=O) groups excluding carboxylic acids is 3. The Balaban J connectivity index is 1.42. The Labute approximate surface area is 161 Å². The number of hydrogen-bond donors (Lipinski definition) is 4. The van der Waals surface area contributed by atoms with Crippen LogP contribution in [-0.2, 0) is 9.59 Å². The quantitative estimate of drug-likeness (QED) is 0.601. The molecule has 2 atom stereocenters. The molecule has 0 saturated carbocycles. The van der Waals surface area contributed by atoms with E-state index in [0.29, 0.717) is 17.8 Å². The van der Waals surface area contributed by atoms with Gasteiger partial charge in [-0.3, -0.25) is 14.4 Å².